The topological polar surface area (TPSA) is 25.8 Å². The normalized spacial score (nSPS) is 10.5. The van der Waals surface area contributed by atoms with Crippen LogP contribution in [0.4, 0.5) is 0 Å². The number of nitrogens with zero attached hydrogens (tertiary/aromatic N) is 2. The number of benzene rings is 3. The van der Waals surface area contributed by atoms with Crippen molar-refractivity contribution < 1.29 is 0 Å². The molecule has 0 unspecified atom stereocenters. The first-order chi connectivity index (χ1) is 14.8. The Morgan fingerprint density at radius 1 is 0.567 bits per heavy atom. The number of pyridine rings is 2. The third-order valence-corrected chi connectivity index (χ3v) is 5.01. The van der Waals surface area contributed by atoms with Crippen molar-refractivity contribution in [3.63, 3.8) is 0 Å². The van der Waals surface area contributed by atoms with Crippen LogP contribution in [-0.4, -0.2) is 9.97 Å². The number of hydrogen-bond acceptors (Lipinski definition) is 2. The molecule has 0 fully saturated rings. The lowest BCUT2D eigenvalue weighted by atomic mass is 10.1. The van der Waals surface area contributed by atoms with Gasteiger partial charge in [0, 0.05) is 40.4 Å². The maximum absolute atomic E-state index is 4.72. The molecule has 0 N–H and O–H groups in total. The third kappa shape index (κ3) is 4.28. The summed E-state index contributed by atoms with van der Waals surface area (Å²) in [7, 11) is 0. The molecular formula is C28H24N2. The Bertz CT molecular complexity index is 1330. The van der Waals surface area contributed by atoms with Crippen LogP contribution in [0.5, 0.6) is 0 Å². The fourth-order valence-corrected chi connectivity index (χ4v) is 3.53. The Hall–Kier alpha value is -3.78. The van der Waals surface area contributed by atoms with Crippen molar-refractivity contribution in [2.24, 2.45) is 0 Å². The molecule has 0 aliphatic heterocycles. The summed E-state index contributed by atoms with van der Waals surface area (Å²) < 4.78 is 0. The number of para-hydroxylation sites is 1. The van der Waals surface area contributed by atoms with Gasteiger partial charge in [0.1, 0.15) is 0 Å². The van der Waals surface area contributed by atoms with Crippen LogP contribution >= 0.6 is 0 Å². The summed E-state index contributed by atoms with van der Waals surface area (Å²) in [5, 5.41) is 4.84. The van der Waals surface area contributed by atoms with Crippen molar-refractivity contribution in [1.29, 1.82) is 0 Å². The SMILES string of the molecule is C=CCc1ccc2ccc3ccccc3c2n1.C=CCc1ccc2ccccc2n1. The van der Waals surface area contributed by atoms with Crippen molar-refractivity contribution in [1.82, 2.24) is 9.97 Å². The van der Waals surface area contributed by atoms with Crippen molar-refractivity contribution in [3.8, 4) is 0 Å². The summed E-state index contributed by atoms with van der Waals surface area (Å²) in [6.45, 7) is 7.45. The maximum atomic E-state index is 4.72. The first kappa shape index (κ1) is 19.5. The number of fused-ring (bicyclic) bond motifs is 4. The first-order valence-electron chi connectivity index (χ1n) is 10.1. The minimum absolute atomic E-state index is 0.819. The van der Waals surface area contributed by atoms with Gasteiger partial charge in [0.05, 0.1) is 11.0 Å². The fraction of sp³-hybridized carbons (Fsp3) is 0.0714. The van der Waals surface area contributed by atoms with Gasteiger partial charge in [-0.15, -0.1) is 13.2 Å². The second kappa shape index (κ2) is 9.15. The van der Waals surface area contributed by atoms with E-state index in [-0.39, 0.29) is 0 Å². The molecule has 2 heteroatoms. The lowest BCUT2D eigenvalue weighted by Gasteiger charge is -2.04. The largest absolute Gasteiger partial charge is 0.253 e. The molecule has 3 aromatic carbocycles. The van der Waals surface area contributed by atoms with E-state index < -0.39 is 0 Å². The smallest absolute Gasteiger partial charge is 0.0783 e. The van der Waals surface area contributed by atoms with Gasteiger partial charge in [-0.25, -0.2) is 0 Å². The standard InChI is InChI=1S/C16H13N.C12H11N/c1-2-5-14-11-10-13-9-8-12-6-3-4-7-15(12)16(13)17-14;1-2-5-11-9-8-10-6-3-4-7-12(10)13-11/h2-4,6-11H,1,5H2;2-4,6-9H,1,5H2. The van der Waals surface area contributed by atoms with Gasteiger partial charge in [-0.1, -0.05) is 78.9 Å². The molecule has 5 rings (SSSR count). The van der Waals surface area contributed by atoms with E-state index in [1.54, 1.807) is 0 Å². The molecule has 0 bridgehead atoms. The Balaban J connectivity index is 0.000000151. The van der Waals surface area contributed by atoms with Gasteiger partial charge in [-0.3, -0.25) is 9.97 Å². The summed E-state index contributed by atoms with van der Waals surface area (Å²) in [6.07, 6.45) is 5.42. The lowest BCUT2D eigenvalue weighted by Crippen LogP contribution is -1.89. The van der Waals surface area contributed by atoms with Gasteiger partial charge in [0.25, 0.3) is 0 Å². The number of hydrogen-bond donors (Lipinski definition) is 0. The van der Waals surface area contributed by atoms with Crippen LogP contribution in [0.3, 0.4) is 0 Å². The average Bonchev–Trinajstić information content (AvgIpc) is 2.80. The number of rotatable bonds is 4. The zero-order chi connectivity index (χ0) is 20.8. The van der Waals surface area contributed by atoms with Crippen molar-refractivity contribution in [2.45, 2.75) is 12.8 Å². The van der Waals surface area contributed by atoms with E-state index in [4.69, 9.17) is 4.98 Å². The van der Waals surface area contributed by atoms with Gasteiger partial charge >= 0.3 is 0 Å². The van der Waals surface area contributed by atoms with Crippen LogP contribution in [0.1, 0.15) is 11.4 Å². The quantitative estimate of drug-likeness (QED) is 0.243. The Morgan fingerprint density at radius 3 is 1.90 bits per heavy atom. The molecule has 0 aliphatic carbocycles. The van der Waals surface area contributed by atoms with Crippen LogP contribution in [-0.2, 0) is 12.8 Å². The van der Waals surface area contributed by atoms with Gasteiger partial charge in [-0.2, -0.15) is 0 Å². The van der Waals surface area contributed by atoms with Crippen LogP contribution in [0.2, 0.25) is 0 Å². The van der Waals surface area contributed by atoms with E-state index in [0.29, 0.717) is 0 Å². The van der Waals surface area contributed by atoms with Gasteiger partial charge < -0.3 is 0 Å². The summed E-state index contributed by atoms with van der Waals surface area (Å²) >= 11 is 0. The zero-order valence-corrected chi connectivity index (χ0v) is 17.0. The minimum atomic E-state index is 0.819. The minimum Gasteiger partial charge on any atom is -0.253 e. The molecule has 2 heterocycles. The van der Waals surface area contributed by atoms with Crippen LogP contribution in [0.25, 0.3) is 32.6 Å². The lowest BCUT2D eigenvalue weighted by molar-refractivity contribution is 1.15. The summed E-state index contributed by atoms with van der Waals surface area (Å²) in [4.78, 5) is 9.22. The van der Waals surface area contributed by atoms with E-state index >= 15 is 0 Å². The highest BCUT2D eigenvalue weighted by atomic mass is 14.7. The monoisotopic (exact) mass is 388 g/mol. The molecule has 0 spiro atoms. The molecule has 0 saturated heterocycles. The molecule has 30 heavy (non-hydrogen) atoms. The Kier molecular flexibility index (Phi) is 5.95. The van der Waals surface area contributed by atoms with Gasteiger partial charge in [-0.05, 0) is 23.6 Å². The second-order valence-corrected chi connectivity index (χ2v) is 7.14. The predicted octanol–water partition coefficient (Wildman–Crippen LogP) is 7.08. The van der Waals surface area contributed by atoms with Crippen molar-refractivity contribution in [3.05, 3.63) is 122 Å². The first-order valence-corrected chi connectivity index (χ1v) is 10.1. The van der Waals surface area contributed by atoms with E-state index in [0.717, 1.165) is 35.3 Å². The highest BCUT2D eigenvalue weighted by molar-refractivity contribution is 6.05. The van der Waals surface area contributed by atoms with Crippen LogP contribution in [0.15, 0.2) is 110 Å². The molecule has 0 amide bonds. The van der Waals surface area contributed by atoms with Gasteiger partial charge in [0.15, 0.2) is 0 Å². The van der Waals surface area contributed by atoms with Crippen molar-refractivity contribution >= 4 is 32.6 Å². The van der Waals surface area contributed by atoms with Crippen LogP contribution < -0.4 is 0 Å². The van der Waals surface area contributed by atoms with Gasteiger partial charge in [0.2, 0.25) is 0 Å². The number of aromatic nitrogens is 2. The molecule has 2 nitrogen and oxygen atoms in total. The summed E-state index contributed by atoms with van der Waals surface area (Å²) in [5.74, 6) is 0. The molecule has 2 aromatic heterocycles. The molecule has 5 aromatic rings. The van der Waals surface area contributed by atoms with E-state index in [1.807, 2.05) is 36.4 Å². The van der Waals surface area contributed by atoms with E-state index in [2.05, 4.69) is 78.8 Å². The maximum Gasteiger partial charge on any atom is 0.0783 e. The molecule has 146 valence electrons. The molecule has 0 aliphatic rings. The highest BCUT2D eigenvalue weighted by Gasteiger charge is 2.02. The number of allylic oxidation sites excluding steroid dienone is 2. The average molecular weight is 389 g/mol. The van der Waals surface area contributed by atoms with E-state index in [9.17, 15) is 0 Å². The molecular weight excluding hydrogens is 364 g/mol. The second-order valence-electron chi connectivity index (χ2n) is 7.14. The van der Waals surface area contributed by atoms with E-state index in [1.165, 1.54) is 21.5 Å². The van der Waals surface area contributed by atoms with Crippen molar-refractivity contribution in [2.75, 3.05) is 0 Å². The summed E-state index contributed by atoms with van der Waals surface area (Å²) in [6, 6.07) is 29.1. The molecule has 0 saturated carbocycles. The molecule has 0 atom stereocenters. The fourth-order valence-electron chi connectivity index (χ4n) is 3.53. The predicted molar refractivity (Wildman–Crippen MR) is 129 cm³/mol. The zero-order valence-electron chi connectivity index (χ0n) is 17.0. The van der Waals surface area contributed by atoms with Crippen LogP contribution in [0, 0.1) is 0 Å². The summed E-state index contributed by atoms with van der Waals surface area (Å²) in [5.41, 5.74) is 4.29. The molecule has 0 radical (unpaired) electrons. The highest BCUT2D eigenvalue weighted by Crippen LogP contribution is 2.24. The third-order valence-electron chi connectivity index (χ3n) is 5.01. The Labute approximate surface area is 177 Å². The Morgan fingerprint density at radius 2 is 1.13 bits per heavy atom.